The molecule has 2 rings (SSSR count). The molecule has 0 aromatic heterocycles. The molecule has 1 unspecified atom stereocenters. The minimum atomic E-state index is -3.70. The van der Waals surface area contributed by atoms with Crippen molar-refractivity contribution < 1.29 is 17.9 Å². The third kappa shape index (κ3) is 5.81. The number of hydrogen-bond donors (Lipinski definition) is 1. The fraction of sp³-hybridized carbons (Fsp3) is 0.381. The summed E-state index contributed by atoms with van der Waals surface area (Å²) in [7, 11) is -0.686. The zero-order valence-corrected chi connectivity index (χ0v) is 17.4. The molecule has 0 saturated heterocycles. The normalized spacial score (nSPS) is 12.6. The second kappa shape index (κ2) is 10.2. The predicted molar refractivity (Wildman–Crippen MR) is 110 cm³/mol. The van der Waals surface area contributed by atoms with E-state index in [2.05, 4.69) is 12.2 Å². The van der Waals surface area contributed by atoms with E-state index in [9.17, 15) is 13.2 Å². The molecule has 1 amide bonds. The van der Waals surface area contributed by atoms with Gasteiger partial charge in [0, 0.05) is 7.05 Å². The molecular formula is C21H28N2O4S. The highest BCUT2D eigenvalue weighted by atomic mass is 32.2. The lowest BCUT2D eigenvalue weighted by Crippen LogP contribution is -2.39. The molecule has 7 heteroatoms. The van der Waals surface area contributed by atoms with Crippen LogP contribution in [0.25, 0.3) is 0 Å². The number of benzene rings is 2. The summed E-state index contributed by atoms with van der Waals surface area (Å²) < 4.78 is 31.5. The van der Waals surface area contributed by atoms with Gasteiger partial charge in [0.15, 0.2) is 0 Å². The van der Waals surface area contributed by atoms with E-state index >= 15 is 0 Å². The van der Waals surface area contributed by atoms with Crippen molar-refractivity contribution in [2.75, 3.05) is 20.7 Å². The first-order valence-corrected chi connectivity index (χ1v) is 10.8. The molecule has 0 aliphatic rings. The quantitative estimate of drug-likeness (QED) is 0.659. The molecule has 0 saturated carbocycles. The van der Waals surface area contributed by atoms with Crippen molar-refractivity contribution in [3.63, 3.8) is 0 Å². The zero-order valence-electron chi connectivity index (χ0n) is 16.6. The lowest BCUT2D eigenvalue weighted by Gasteiger charge is -2.22. The number of likely N-dealkylation sites (N-methyl/N-ethyl adjacent to an activating group) is 1. The van der Waals surface area contributed by atoms with E-state index in [1.165, 1.54) is 19.2 Å². The minimum absolute atomic E-state index is 0.169. The molecule has 0 spiro atoms. The van der Waals surface area contributed by atoms with Crippen molar-refractivity contribution in [1.29, 1.82) is 0 Å². The van der Waals surface area contributed by atoms with E-state index < -0.39 is 10.0 Å². The highest BCUT2D eigenvalue weighted by Gasteiger charge is 2.24. The number of carbonyl (C=O) groups excluding carboxylic acids is 1. The van der Waals surface area contributed by atoms with Gasteiger partial charge in [-0.25, -0.2) is 8.42 Å². The molecule has 0 radical (unpaired) electrons. The van der Waals surface area contributed by atoms with E-state index in [4.69, 9.17) is 4.74 Å². The van der Waals surface area contributed by atoms with Gasteiger partial charge in [-0.05, 0) is 36.2 Å². The number of sulfonamides is 1. The van der Waals surface area contributed by atoms with Crippen LogP contribution in [-0.2, 0) is 14.8 Å². The summed E-state index contributed by atoms with van der Waals surface area (Å²) in [5.74, 6) is 0.414. The molecule has 2 aromatic rings. The van der Waals surface area contributed by atoms with E-state index in [-0.39, 0.29) is 23.4 Å². The Morgan fingerprint density at radius 2 is 1.75 bits per heavy atom. The van der Waals surface area contributed by atoms with Gasteiger partial charge in [0.2, 0.25) is 15.9 Å². The van der Waals surface area contributed by atoms with E-state index in [0.717, 1.165) is 34.9 Å². The molecule has 0 bridgehead atoms. The number of nitrogens with zero attached hydrogens (tertiary/aromatic N) is 1. The average molecular weight is 405 g/mol. The standard InChI is InChI=1S/C21H28N2O4S/c1-4-5-11-20(17-12-14-18(27-3)15-13-17)22-21(24)16-23(2)28(25,26)19-9-7-6-8-10-19/h6-10,12-15,20H,4-5,11,16H2,1-3H3,(H,22,24). The predicted octanol–water partition coefficient (Wildman–Crippen LogP) is 3.36. The lowest BCUT2D eigenvalue weighted by atomic mass is 10.0. The van der Waals surface area contributed by atoms with Crippen LogP contribution in [0.3, 0.4) is 0 Å². The van der Waals surface area contributed by atoms with E-state index in [1.807, 2.05) is 24.3 Å². The molecule has 152 valence electrons. The van der Waals surface area contributed by atoms with Gasteiger partial charge in [-0.2, -0.15) is 4.31 Å². The van der Waals surface area contributed by atoms with Crippen LogP contribution < -0.4 is 10.1 Å². The summed E-state index contributed by atoms with van der Waals surface area (Å²) >= 11 is 0. The zero-order chi connectivity index (χ0) is 20.6. The van der Waals surface area contributed by atoms with Crippen molar-refractivity contribution in [3.05, 3.63) is 60.2 Å². The summed E-state index contributed by atoms with van der Waals surface area (Å²) in [5, 5.41) is 2.97. The SMILES string of the molecule is CCCCC(NC(=O)CN(C)S(=O)(=O)c1ccccc1)c1ccc(OC)cc1. The molecular weight excluding hydrogens is 376 g/mol. The number of carbonyl (C=O) groups is 1. The second-order valence-electron chi connectivity index (χ2n) is 6.61. The molecule has 1 N–H and O–H groups in total. The number of methoxy groups -OCH3 is 1. The summed E-state index contributed by atoms with van der Waals surface area (Å²) in [6.45, 7) is 1.85. The molecule has 28 heavy (non-hydrogen) atoms. The van der Waals surface area contributed by atoms with Gasteiger partial charge in [-0.1, -0.05) is 50.1 Å². The number of rotatable bonds is 10. The number of ether oxygens (including phenoxy) is 1. The Balaban J connectivity index is 2.08. The monoisotopic (exact) mass is 404 g/mol. The molecule has 0 fully saturated rings. The fourth-order valence-corrected chi connectivity index (χ4v) is 4.01. The maximum atomic E-state index is 12.6. The van der Waals surface area contributed by atoms with Crippen molar-refractivity contribution in [2.45, 2.75) is 37.1 Å². The summed E-state index contributed by atoms with van der Waals surface area (Å²) in [6, 6.07) is 15.5. The Morgan fingerprint density at radius 3 is 2.32 bits per heavy atom. The molecule has 0 heterocycles. The summed E-state index contributed by atoms with van der Waals surface area (Å²) in [6.07, 6.45) is 2.74. The highest BCUT2D eigenvalue weighted by molar-refractivity contribution is 7.89. The van der Waals surface area contributed by atoms with Gasteiger partial charge in [-0.15, -0.1) is 0 Å². The molecule has 0 aliphatic carbocycles. The molecule has 6 nitrogen and oxygen atoms in total. The molecule has 2 aromatic carbocycles. The van der Waals surface area contributed by atoms with Gasteiger partial charge >= 0.3 is 0 Å². The van der Waals surface area contributed by atoms with Gasteiger partial charge in [0.25, 0.3) is 0 Å². The largest absolute Gasteiger partial charge is 0.497 e. The van der Waals surface area contributed by atoms with Crippen LogP contribution in [0.15, 0.2) is 59.5 Å². The topological polar surface area (TPSA) is 75.7 Å². The number of amides is 1. The summed E-state index contributed by atoms with van der Waals surface area (Å²) in [4.78, 5) is 12.7. The number of hydrogen-bond acceptors (Lipinski definition) is 4. The first-order chi connectivity index (χ1) is 13.4. The van der Waals surface area contributed by atoms with E-state index in [1.54, 1.807) is 25.3 Å². The number of unbranched alkanes of at least 4 members (excludes halogenated alkanes) is 1. The highest BCUT2D eigenvalue weighted by Crippen LogP contribution is 2.22. The third-order valence-electron chi connectivity index (χ3n) is 4.52. The van der Waals surface area contributed by atoms with E-state index in [0.29, 0.717) is 0 Å². The Hall–Kier alpha value is -2.38. The Morgan fingerprint density at radius 1 is 1.11 bits per heavy atom. The maximum Gasteiger partial charge on any atom is 0.243 e. The van der Waals surface area contributed by atoms with Crippen LogP contribution in [0.2, 0.25) is 0 Å². The number of nitrogens with one attached hydrogen (secondary N) is 1. The maximum absolute atomic E-state index is 12.6. The second-order valence-corrected chi connectivity index (χ2v) is 8.65. The smallest absolute Gasteiger partial charge is 0.243 e. The Kier molecular flexibility index (Phi) is 8.02. The average Bonchev–Trinajstić information content (AvgIpc) is 2.71. The Bertz CT molecular complexity index is 852. The van der Waals surface area contributed by atoms with Crippen molar-refractivity contribution in [1.82, 2.24) is 9.62 Å². The lowest BCUT2D eigenvalue weighted by molar-refractivity contribution is -0.121. The Labute approximate surface area is 167 Å². The van der Waals surface area contributed by atoms with Crippen molar-refractivity contribution in [3.8, 4) is 5.75 Å². The van der Waals surface area contributed by atoms with Crippen molar-refractivity contribution >= 4 is 15.9 Å². The van der Waals surface area contributed by atoms with Gasteiger partial charge in [0.1, 0.15) is 5.75 Å². The minimum Gasteiger partial charge on any atom is -0.497 e. The third-order valence-corrected chi connectivity index (χ3v) is 6.34. The van der Waals surface area contributed by atoms with Gasteiger partial charge < -0.3 is 10.1 Å². The van der Waals surface area contributed by atoms with Crippen molar-refractivity contribution in [2.24, 2.45) is 0 Å². The molecule has 1 atom stereocenters. The first kappa shape index (κ1) is 21.9. The van der Waals surface area contributed by atoms with Crippen LogP contribution >= 0.6 is 0 Å². The fourth-order valence-electron chi connectivity index (χ4n) is 2.87. The van der Waals surface area contributed by atoms with Crippen LogP contribution in [-0.4, -0.2) is 39.3 Å². The van der Waals surface area contributed by atoms with Crippen LogP contribution in [0.5, 0.6) is 5.75 Å². The molecule has 0 aliphatic heterocycles. The van der Waals surface area contributed by atoms with Crippen LogP contribution in [0.1, 0.15) is 37.8 Å². The summed E-state index contributed by atoms with van der Waals surface area (Å²) in [5.41, 5.74) is 0.969. The van der Waals surface area contributed by atoms with Gasteiger partial charge in [0.05, 0.1) is 24.6 Å². The van der Waals surface area contributed by atoms with Crippen LogP contribution in [0.4, 0.5) is 0 Å². The van der Waals surface area contributed by atoms with Gasteiger partial charge in [-0.3, -0.25) is 4.79 Å². The van der Waals surface area contributed by atoms with Crippen LogP contribution in [0, 0.1) is 0 Å². The first-order valence-electron chi connectivity index (χ1n) is 9.33.